The Hall–Kier alpha value is -4.84. The first-order chi connectivity index (χ1) is 18.2. The monoisotopic (exact) mass is 576 g/mol. The molecule has 3 aromatic carbocycles. The lowest BCUT2D eigenvalue weighted by molar-refractivity contribution is -0.386. The van der Waals surface area contributed by atoms with Gasteiger partial charge in [0.1, 0.15) is 5.58 Å². The molecule has 0 fully saturated rings. The van der Waals surface area contributed by atoms with Crippen LogP contribution >= 0.6 is 15.9 Å². The normalized spacial score (nSPS) is 12.3. The number of carboxylic acids is 1. The van der Waals surface area contributed by atoms with Crippen LogP contribution in [0.1, 0.15) is 12.5 Å². The van der Waals surface area contributed by atoms with Gasteiger partial charge in [-0.1, -0.05) is 30.3 Å². The van der Waals surface area contributed by atoms with Crippen molar-refractivity contribution in [3.05, 3.63) is 97.2 Å². The highest BCUT2D eigenvalue weighted by Gasteiger charge is 2.24. The standard InChI is InChI=1S/C26H17BrN4O7/c1-14(26(33)34)37-23-18(27)10-15(11-20(23)31(35)36)13-28-30-24(22-12-16-6-2-5-9-21(16)38-22)29-19-8-4-3-7-17(19)25(30)32/h2-14H,1H3,(H,33,34)/t14-/m0/s1. The molecular formula is C26H17BrN4O7. The minimum atomic E-state index is -1.32. The number of furan rings is 1. The maximum atomic E-state index is 13.4. The summed E-state index contributed by atoms with van der Waals surface area (Å²) in [6.07, 6.45) is -0.0650. The van der Waals surface area contributed by atoms with Gasteiger partial charge in [-0.2, -0.15) is 9.78 Å². The summed E-state index contributed by atoms with van der Waals surface area (Å²) in [5.41, 5.74) is 0.356. The van der Waals surface area contributed by atoms with Crippen LogP contribution in [-0.2, 0) is 4.79 Å². The highest BCUT2D eigenvalue weighted by molar-refractivity contribution is 9.10. The third kappa shape index (κ3) is 4.64. The van der Waals surface area contributed by atoms with Crippen LogP contribution in [0, 0.1) is 10.1 Å². The molecule has 0 aliphatic rings. The van der Waals surface area contributed by atoms with Gasteiger partial charge in [0.2, 0.25) is 11.6 Å². The van der Waals surface area contributed by atoms with E-state index >= 15 is 0 Å². The fourth-order valence-corrected chi connectivity index (χ4v) is 4.32. The van der Waals surface area contributed by atoms with Gasteiger partial charge in [-0.05, 0) is 53.2 Å². The molecule has 38 heavy (non-hydrogen) atoms. The van der Waals surface area contributed by atoms with Crippen molar-refractivity contribution >= 4 is 55.7 Å². The number of halogens is 1. The van der Waals surface area contributed by atoms with E-state index < -0.39 is 28.2 Å². The molecule has 11 nitrogen and oxygen atoms in total. The Morgan fingerprint density at radius 3 is 2.68 bits per heavy atom. The molecule has 5 aromatic rings. The van der Waals surface area contributed by atoms with Crippen LogP contribution in [0.5, 0.6) is 5.75 Å². The average Bonchev–Trinajstić information content (AvgIpc) is 3.33. The van der Waals surface area contributed by atoms with Crippen molar-refractivity contribution in [1.82, 2.24) is 9.66 Å². The van der Waals surface area contributed by atoms with Crippen LogP contribution < -0.4 is 10.3 Å². The zero-order valence-corrected chi connectivity index (χ0v) is 21.2. The van der Waals surface area contributed by atoms with Crippen molar-refractivity contribution in [2.45, 2.75) is 13.0 Å². The molecule has 2 aromatic heterocycles. The van der Waals surface area contributed by atoms with E-state index in [0.717, 1.165) is 10.1 Å². The third-order valence-electron chi connectivity index (χ3n) is 5.61. The Morgan fingerprint density at radius 1 is 1.21 bits per heavy atom. The molecule has 1 atom stereocenters. The van der Waals surface area contributed by atoms with Gasteiger partial charge in [-0.3, -0.25) is 14.9 Å². The first-order valence-electron chi connectivity index (χ1n) is 11.2. The molecule has 190 valence electrons. The van der Waals surface area contributed by atoms with E-state index in [1.165, 1.54) is 25.3 Å². The second-order valence-electron chi connectivity index (χ2n) is 8.17. The number of aliphatic carboxylic acids is 1. The lowest BCUT2D eigenvalue weighted by Crippen LogP contribution is -2.23. The van der Waals surface area contributed by atoms with Gasteiger partial charge in [-0.15, -0.1) is 0 Å². The third-order valence-corrected chi connectivity index (χ3v) is 6.20. The van der Waals surface area contributed by atoms with Crippen LogP contribution in [0.15, 0.2) is 85.5 Å². The largest absolute Gasteiger partial charge is 0.479 e. The van der Waals surface area contributed by atoms with Gasteiger partial charge in [0.05, 0.1) is 26.5 Å². The van der Waals surface area contributed by atoms with E-state index in [0.29, 0.717) is 22.2 Å². The van der Waals surface area contributed by atoms with Crippen molar-refractivity contribution in [3.8, 4) is 17.3 Å². The quantitative estimate of drug-likeness (QED) is 0.157. The number of nitro groups is 1. The van der Waals surface area contributed by atoms with Gasteiger partial charge in [0, 0.05) is 17.0 Å². The number of rotatable bonds is 7. The van der Waals surface area contributed by atoms with Crippen LogP contribution in [0.3, 0.4) is 0 Å². The highest BCUT2D eigenvalue weighted by Crippen LogP contribution is 2.37. The molecule has 0 unspecified atom stereocenters. The van der Waals surface area contributed by atoms with Crippen LogP contribution in [0.25, 0.3) is 33.5 Å². The summed E-state index contributed by atoms with van der Waals surface area (Å²) >= 11 is 3.21. The first-order valence-corrected chi connectivity index (χ1v) is 11.9. The van der Waals surface area contributed by atoms with Gasteiger partial charge < -0.3 is 14.3 Å². The van der Waals surface area contributed by atoms with Crippen molar-refractivity contribution in [1.29, 1.82) is 0 Å². The maximum absolute atomic E-state index is 13.4. The fourth-order valence-electron chi connectivity index (χ4n) is 3.76. The molecule has 0 aliphatic carbocycles. The number of aromatic nitrogens is 2. The van der Waals surface area contributed by atoms with Gasteiger partial charge in [0.15, 0.2) is 11.9 Å². The molecular weight excluding hydrogens is 560 g/mol. The Bertz CT molecular complexity index is 1790. The van der Waals surface area contributed by atoms with E-state index in [1.54, 1.807) is 36.4 Å². The summed E-state index contributed by atoms with van der Waals surface area (Å²) in [5, 5.41) is 26.3. The summed E-state index contributed by atoms with van der Waals surface area (Å²) in [4.78, 5) is 40.2. The number of nitrogens with zero attached hydrogens (tertiary/aromatic N) is 4. The second-order valence-corrected chi connectivity index (χ2v) is 9.02. The van der Waals surface area contributed by atoms with Crippen molar-refractivity contribution in [2.75, 3.05) is 0 Å². The lowest BCUT2D eigenvalue weighted by atomic mass is 10.2. The van der Waals surface area contributed by atoms with Crippen molar-refractivity contribution in [3.63, 3.8) is 0 Å². The number of ether oxygens (including phenoxy) is 1. The summed E-state index contributed by atoms with van der Waals surface area (Å²) in [5.74, 6) is -1.07. The maximum Gasteiger partial charge on any atom is 0.344 e. The SMILES string of the molecule is C[C@H](Oc1c(Br)cc(C=Nn2c(-c3cc4ccccc4o3)nc3ccccc3c2=O)cc1[N+](=O)[O-])C(=O)O. The van der Waals surface area contributed by atoms with Gasteiger partial charge in [0.25, 0.3) is 5.56 Å². The number of fused-ring (bicyclic) bond motifs is 2. The molecule has 0 aliphatic heterocycles. The van der Waals surface area contributed by atoms with Crippen LogP contribution in [0.2, 0.25) is 0 Å². The predicted octanol–water partition coefficient (Wildman–Crippen LogP) is 5.21. The van der Waals surface area contributed by atoms with Crippen LogP contribution in [-0.4, -0.2) is 38.0 Å². The lowest BCUT2D eigenvalue weighted by Gasteiger charge is -2.12. The van der Waals surface area contributed by atoms with E-state index in [1.807, 2.05) is 18.2 Å². The average molecular weight is 577 g/mol. The van der Waals surface area contributed by atoms with E-state index in [4.69, 9.17) is 14.3 Å². The minimum Gasteiger partial charge on any atom is -0.479 e. The number of carboxylic acid groups (broad SMARTS) is 1. The van der Waals surface area contributed by atoms with Crippen molar-refractivity contribution in [2.24, 2.45) is 5.10 Å². The van der Waals surface area contributed by atoms with E-state index in [-0.39, 0.29) is 21.6 Å². The Balaban J connectivity index is 1.65. The molecule has 0 saturated heterocycles. The summed E-state index contributed by atoms with van der Waals surface area (Å²) in [7, 11) is 0. The molecule has 0 bridgehead atoms. The first kappa shape index (κ1) is 24.8. The number of carbonyl (C=O) groups is 1. The fraction of sp³-hybridized carbons (Fsp3) is 0.0769. The van der Waals surface area contributed by atoms with Crippen LogP contribution in [0.4, 0.5) is 5.69 Å². The summed E-state index contributed by atoms with van der Waals surface area (Å²) < 4.78 is 12.4. The highest BCUT2D eigenvalue weighted by atomic mass is 79.9. The number of hydrogen-bond donors (Lipinski definition) is 1. The van der Waals surface area contributed by atoms with Crippen molar-refractivity contribution < 1.29 is 24.0 Å². The Kier molecular flexibility index (Phi) is 6.47. The predicted molar refractivity (Wildman–Crippen MR) is 143 cm³/mol. The second kappa shape index (κ2) is 9.90. The zero-order chi connectivity index (χ0) is 27.0. The number of benzene rings is 3. The Labute approximate surface area is 221 Å². The molecule has 0 radical (unpaired) electrons. The molecule has 1 N–H and O–H groups in total. The summed E-state index contributed by atoms with van der Waals surface area (Å²) in [6.45, 7) is 1.26. The molecule has 5 rings (SSSR count). The number of hydrogen-bond acceptors (Lipinski definition) is 8. The smallest absolute Gasteiger partial charge is 0.344 e. The zero-order valence-electron chi connectivity index (χ0n) is 19.6. The Morgan fingerprint density at radius 2 is 1.95 bits per heavy atom. The topological polar surface area (TPSA) is 150 Å². The number of nitro benzene ring substituents is 1. The summed E-state index contributed by atoms with van der Waals surface area (Å²) in [6, 6.07) is 18.5. The van der Waals surface area contributed by atoms with E-state index in [9.17, 15) is 19.7 Å². The molecule has 0 spiro atoms. The molecule has 0 amide bonds. The van der Waals surface area contributed by atoms with Gasteiger partial charge in [-0.25, -0.2) is 9.78 Å². The van der Waals surface area contributed by atoms with Gasteiger partial charge >= 0.3 is 11.7 Å². The number of para-hydroxylation sites is 2. The molecule has 2 heterocycles. The minimum absolute atomic E-state index is 0.141. The molecule has 0 saturated carbocycles. The molecule has 12 heteroatoms. The van der Waals surface area contributed by atoms with E-state index in [2.05, 4.69) is 26.0 Å².